The molecule has 5 heteroatoms. The molecular formula is C18H23N3O2. The molecule has 0 unspecified atom stereocenters. The zero-order valence-corrected chi connectivity index (χ0v) is 13.9. The molecule has 1 N–H and O–H groups in total. The summed E-state index contributed by atoms with van der Waals surface area (Å²) >= 11 is 0. The number of amides is 1. The third-order valence-corrected chi connectivity index (χ3v) is 3.60. The zero-order valence-electron chi connectivity index (χ0n) is 13.9. The first-order chi connectivity index (χ1) is 11.1. The van der Waals surface area contributed by atoms with Gasteiger partial charge in [-0.3, -0.25) is 14.7 Å². The van der Waals surface area contributed by atoms with E-state index in [1.807, 2.05) is 32.2 Å². The molecule has 0 spiro atoms. The van der Waals surface area contributed by atoms with Gasteiger partial charge in [0, 0.05) is 32.0 Å². The highest BCUT2D eigenvalue weighted by molar-refractivity contribution is 6.05. The van der Waals surface area contributed by atoms with E-state index in [1.165, 1.54) is 0 Å². The molecule has 0 bridgehead atoms. The summed E-state index contributed by atoms with van der Waals surface area (Å²) in [5.74, 6) is -0.114. The van der Waals surface area contributed by atoms with Crippen LogP contribution in [0, 0.1) is 6.92 Å². The number of benzene rings is 1. The maximum Gasteiger partial charge on any atom is 0.255 e. The summed E-state index contributed by atoms with van der Waals surface area (Å²) in [4.78, 5) is 18.6. The summed E-state index contributed by atoms with van der Waals surface area (Å²) < 4.78 is 5.09. The standard InChI is InChI=1S/C18H23N3O2/c1-14-6-7-15(13-21(2)9-10-23-3)11-17(14)18(22)20-16-5-4-8-19-12-16/h4-8,11-12H,9-10,13H2,1-3H3,(H,20,22). The van der Waals surface area contributed by atoms with Crippen LogP contribution in [-0.4, -0.2) is 43.1 Å². The van der Waals surface area contributed by atoms with Crippen molar-refractivity contribution in [3.63, 3.8) is 0 Å². The van der Waals surface area contributed by atoms with Gasteiger partial charge >= 0.3 is 0 Å². The van der Waals surface area contributed by atoms with E-state index in [2.05, 4.69) is 21.3 Å². The second-order valence-corrected chi connectivity index (χ2v) is 5.58. The van der Waals surface area contributed by atoms with Crippen LogP contribution in [0.1, 0.15) is 21.5 Å². The predicted octanol–water partition coefficient (Wildman–Crippen LogP) is 2.72. The fourth-order valence-electron chi connectivity index (χ4n) is 2.29. The molecule has 2 aromatic rings. The minimum absolute atomic E-state index is 0.114. The van der Waals surface area contributed by atoms with Crippen molar-refractivity contribution >= 4 is 11.6 Å². The highest BCUT2D eigenvalue weighted by atomic mass is 16.5. The van der Waals surface area contributed by atoms with Crippen LogP contribution in [0.4, 0.5) is 5.69 Å². The molecule has 0 saturated heterocycles. The monoisotopic (exact) mass is 313 g/mol. The number of carbonyl (C=O) groups excluding carboxylic acids is 1. The van der Waals surface area contributed by atoms with Crippen molar-refractivity contribution in [2.24, 2.45) is 0 Å². The number of rotatable bonds is 7. The molecule has 0 saturated carbocycles. The van der Waals surface area contributed by atoms with Gasteiger partial charge < -0.3 is 10.1 Å². The molecule has 0 aliphatic carbocycles. The summed E-state index contributed by atoms with van der Waals surface area (Å²) in [7, 11) is 3.73. The molecule has 0 fully saturated rings. The lowest BCUT2D eigenvalue weighted by Crippen LogP contribution is -2.22. The zero-order chi connectivity index (χ0) is 16.7. The molecule has 122 valence electrons. The van der Waals surface area contributed by atoms with Crippen molar-refractivity contribution in [2.75, 3.05) is 32.6 Å². The summed E-state index contributed by atoms with van der Waals surface area (Å²) in [5, 5.41) is 2.88. The lowest BCUT2D eigenvalue weighted by molar-refractivity contribution is 0.102. The smallest absolute Gasteiger partial charge is 0.255 e. The maximum absolute atomic E-state index is 12.5. The van der Waals surface area contributed by atoms with E-state index in [0.29, 0.717) is 17.9 Å². The van der Waals surface area contributed by atoms with Crippen LogP contribution in [0.15, 0.2) is 42.7 Å². The van der Waals surface area contributed by atoms with Gasteiger partial charge in [0.2, 0.25) is 0 Å². The molecule has 0 radical (unpaired) electrons. The number of likely N-dealkylation sites (N-methyl/N-ethyl adjacent to an activating group) is 1. The topological polar surface area (TPSA) is 54.5 Å². The summed E-state index contributed by atoms with van der Waals surface area (Å²) in [6.45, 7) is 4.26. The maximum atomic E-state index is 12.5. The summed E-state index contributed by atoms with van der Waals surface area (Å²) in [6, 6.07) is 9.60. The number of nitrogens with one attached hydrogen (secondary N) is 1. The molecule has 2 rings (SSSR count). The highest BCUT2D eigenvalue weighted by Crippen LogP contribution is 2.15. The van der Waals surface area contributed by atoms with Crippen LogP contribution in [0.2, 0.25) is 0 Å². The fourth-order valence-corrected chi connectivity index (χ4v) is 2.29. The van der Waals surface area contributed by atoms with Crippen LogP contribution in [-0.2, 0) is 11.3 Å². The Balaban J connectivity index is 2.09. The first kappa shape index (κ1) is 17.1. The molecule has 1 amide bonds. The largest absolute Gasteiger partial charge is 0.383 e. The third-order valence-electron chi connectivity index (χ3n) is 3.60. The van der Waals surface area contributed by atoms with Gasteiger partial charge in [0.25, 0.3) is 5.91 Å². The molecule has 0 aliphatic rings. The normalized spacial score (nSPS) is 10.8. The minimum Gasteiger partial charge on any atom is -0.383 e. The van der Waals surface area contributed by atoms with Gasteiger partial charge in [0.1, 0.15) is 0 Å². The summed E-state index contributed by atoms with van der Waals surface area (Å²) in [6.07, 6.45) is 3.31. The number of anilines is 1. The Labute approximate surface area is 137 Å². The predicted molar refractivity (Wildman–Crippen MR) is 91.6 cm³/mol. The molecule has 5 nitrogen and oxygen atoms in total. The Hall–Kier alpha value is -2.24. The fraction of sp³-hybridized carbons (Fsp3) is 0.333. The number of aryl methyl sites for hydroxylation is 1. The number of hydrogen-bond donors (Lipinski definition) is 1. The van der Waals surface area contributed by atoms with Gasteiger partial charge in [-0.05, 0) is 43.3 Å². The number of nitrogens with zero attached hydrogens (tertiary/aromatic N) is 2. The number of carbonyl (C=O) groups is 1. The summed E-state index contributed by atoms with van der Waals surface area (Å²) in [5.41, 5.74) is 3.44. The van der Waals surface area contributed by atoms with Gasteiger partial charge in [-0.2, -0.15) is 0 Å². The minimum atomic E-state index is -0.114. The SMILES string of the molecule is COCCN(C)Cc1ccc(C)c(C(=O)Nc2cccnc2)c1. The van der Waals surface area contributed by atoms with Crippen molar-refractivity contribution in [2.45, 2.75) is 13.5 Å². The van der Waals surface area contributed by atoms with Crippen molar-refractivity contribution in [3.8, 4) is 0 Å². The lowest BCUT2D eigenvalue weighted by Gasteiger charge is -2.17. The van der Waals surface area contributed by atoms with E-state index in [4.69, 9.17) is 4.74 Å². The number of ether oxygens (including phenoxy) is 1. The molecule has 1 aromatic heterocycles. The van der Waals surface area contributed by atoms with Crippen molar-refractivity contribution in [1.82, 2.24) is 9.88 Å². The molecular weight excluding hydrogens is 290 g/mol. The van der Waals surface area contributed by atoms with Crippen molar-refractivity contribution in [1.29, 1.82) is 0 Å². The van der Waals surface area contributed by atoms with E-state index in [9.17, 15) is 4.79 Å². The molecule has 1 heterocycles. The first-order valence-electron chi connectivity index (χ1n) is 7.58. The average molecular weight is 313 g/mol. The number of pyridine rings is 1. The van der Waals surface area contributed by atoms with E-state index in [0.717, 1.165) is 24.2 Å². The highest BCUT2D eigenvalue weighted by Gasteiger charge is 2.11. The van der Waals surface area contributed by atoms with Crippen LogP contribution in [0.5, 0.6) is 0 Å². The Morgan fingerprint density at radius 1 is 1.35 bits per heavy atom. The molecule has 1 aromatic carbocycles. The quantitative estimate of drug-likeness (QED) is 0.854. The molecule has 23 heavy (non-hydrogen) atoms. The second kappa shape index (κ2) is 8.41. The van der Waals surface area contributed by atoms with Crippen LogP contribution in [0.25, 0.3) is 0 Å². The van der Waals surface area contributed by atoms with Gasteiger partial charge in [-0.15, -0.1) is 0 Å². The lowest BCUT2D eigenvalue weighted by atomic mass is 10.0. The van der Waals surface area contributed by atoms with E-state index >= 15 is 0 Å². The second-order valence-electron chi connectivity index (χ2n) is 5.58. The number of aromatic nitrogens is 1. The Morgan fingerprint density at radius 3 is 2.87 bits per heavy atom. The van der Waals surface area contributed by atoms with Crippen molar-refractivity contribution in [3.05, 3.63) is 59.4 Å². The van der Waals surface area contributed by atoms with Crippen LogP contribution < -0.4 is 5.32 Å². The third kappa shape index (κ3) is 5.16. The number of hydrogen-bond acceptors (Lipinski definition) is 4. The Bertz CT molecular complexity index is 644. The van der Waals surface area contributed by atoms with Crippen LogP contribution >= 0.6 is 0 Å². The van der Waals surface area contributed by atoms with Gasteiger partial charge in [-0.25, -0.2) is 0 Å². The Morgan fingerprint density at radius 2 is 2.17 bits per heavy atom. The van der Waals surface area contributed by atoms with Gasteiger partial charge in [0.15, 0.2) is 0 Å². The molecule has 0 aliphatic heterocycles. The first-order valence-corrected chi connectivity index (χ1v) is 7.58. The number of methoxy groups -OCH3 is 1. The van der Waals surface area contributed by atoms with E-state index in [-0.39, 0.29) is 5.91 Å². The van der Waals surface area contributed by atoms with E-state index in [1.54, 1.807) is 25.6 Å². The van der Waals surface area contributed by atoms with Gasteiger partial charge in [0.05, 0.1) is 18.5 Å². The van der Waals surface area contributed by atoms with Gasteiger partial charge in [-0.1, -0.05) is 12.1 Å². The Kier molecular flexibility index (Phi) is 6.26. The van der Waals surface area contributed by atoms with E-state index < -0.39 is 0 Å². The van der Waals surface area contributed by atoms with Crippen molar-refractivity contribution < 1.29 is 9.53 Å². The molecule has 0 atom stereocenters. The average Bonchev–Trinajstić information content (AvgIpc) is 2.55. The van der Waals surface area contributed by atoms with Crippen LogP contribution in [0.3, 0.4) is 0 Å².